The number of aryl methyl sites for hydroxylation is 1. The van der Waals surface area contributed by atoms with Crippen molar-refractivity contribution in [3.63, 3.8) is 0 Å². The van der Waals surface area contributed by atoms with Gasteiger partial charge in [0.25, 0.3) is 0 Å². The summed E-state index contributed by atoms with van der Waals surface area (Å²) >= 11 is 1.66. The predicted octanol–water partition coefficient (Wildman–Crippen LogP) is 2.83. The van der Waals surface area contributed by atoms with E-state index in [4.69, 9.17) is 9.47 Å². The molecule has 1 spiro atoms. The van der Waals surface area contributed by atoms with Crippen molar-refractivity contribution in [1.29, 1.82) is 0 Å². The van der Waals surface area contributed by atoms with Crippen LogP contribution in [0.25, 0.3) is 0 Å². The molecule has 2 aromatic heterocycles. The van der Waals surface area contributed by atoms with Gasteiger partial charge in [0, 0.05) is 25.6 Å². The topological polar surface area (TPSA) is 60.4 Å². The average molecular weight is 360 g/mol. The minimum absolute atomic E-state index is 0.0197. The van der Waals surface area contributed by atoms with Crippen LogP contribution in [0.3, 0.4) is 0 Å². The van der Waals surface area contributed by atoms with Crippen LogP contribution in [0.1, 0.15) is 29.8 Å². The molecule has 2 aliphatic heterocycles. The Morgan fingerprint density at radius 1 is 1.40 bits per heavy atom. The maximum atomic E-state index is 6.13. The smallest absolute Gasteiger partial charge is 0.208 e. The van der Waals surface area contributed by atoms with E-state index in [2.05, 4.69) is 26.1 Å². The van der Waals surface area contributed by atoms with Crippen molar-refractivity contribution in [2.45, 2.75) is 38.4 Å². The fraction of sp³-hybridized carbons (Fsp3) is 0.611. The molecular formula is C18H24N4O2S. The number of hydrogen-bond donors (Lipinski definition) is 0. The first-order valence-corrected chi connectivity index (χ1v) is 9.70. The molecule has 1 atom stereocenters. The number of hydrogen-bond acceptors (Lipinski definition) is 7. The Balaban J connectivity index is 1.21. The summed E-state index contributed by atoms with van der Waals surface area (Å²) in [5.41, 5.74) is 1.15. The summed E-state index contributed by atoms with van der Waals surface area (Å²) in [4.78, 5) is 6.40. The van der Waals surface area contributed by atoms with Gasteiger partial charge in [-0.15, -0.1) is 10.2 Å². The lowest BCUT2D eigenvalue weighted by atomic mass is 9.79. The molecule has 0 aliphatic carbocycles. The molecule has 2 aromatic rings. The first kappa shape index (κ1) is 16.9. The SMILES string of the molecule is Cc1nnc(N2CC3(C[C@@H](CCOCc4cccnc4)CCO3)C2)s1. The van der Waals surface area contributed by atoms with Crippen molar-refractivity contribution in [3.8, 4) is 0 Å². The Hall–Kier alpha value is -1.57. The predicted molar refractivity (Wildman–Crippen MR) is 96.8 cm³/mol. The highest BCUT2D eigenvalue weighted by molar-refractivity contribution is 7.15. The van der Waals surface area contributed by atoms with Crippen LogP contribution in [0, 0.1) is 12.8 Å². The summed E-state index contributed by atoms with van der Waals surface area (Å²) in [5, 5.41) is 10.4. The Labute approximate surface area is 152 Å². The minimum Gasteiger partial charge on any atom is -0.377 e. The molecule has 25 heavy (non-hydrogen) atoms. The standard InChI is InChI=1S/C18H24N4O2S/c1-14-20-21-17(25-14)22-12-18(13-22)9-15(5-8-24-18)4-7-23-11-16-3-2-6-19-10-16/h2-3,6,10,15H,4-5,7-9,11-13H2,1H3/t15-/m0/s1. The van der Waals surface area contributed by atoms with E-state index in [9.17, 15) is 0 Å². The number of rotatable bonds is 6. The van der Waals surface area contributed by atoms with E-state index >= 15 is 0 Å². The molecule has 2 fully saturated rings. The lowest BCUT2D eigenvalue weighted by Gasteiger charge is -2.53. The van der Waals surface area contributed by atoms with E-state index in [-0.39, 0.29) is 5.60 Å². The van der Waals surface area contributed by atoms with E-state index in [0.717, 1.165) is 61.3 Å². The van der Waals surface area contributed by atoms with Crippen molar-refractivity contribution in [2.24, 2.45) is 5.92 Å². The largest absolute Gasteiger partial charge is 0.377 e. The number of anilines is 1. The molecule has 4 rings (SSSR count). The summed E-state index contributed by atoms with van der Waals surface area (Å²) in [7, 11) is 0. The van der Waals surface area contributed by atoms with Crippen LogP contribution in [0.5, 0.6) is 0 Å². The van der Waals surface area contributed by atoms with Crippen LogP contribution in [-0.2, 0) is 16.1 Å². The molecule has 4 heterocycles. The van der Waals surface area contributed by atoms with E-state index in [0.29, 0.717) is 12.5 Å². The summed E-state index contributed by atoms with van der Waals surface area (Å²) in [6.45, 7) is 6.18. The van der Waals surface area contributed by atoms with Crippen molar-refractivity contribution in [3.05, 3.63) is 35.1 Å². The first-order valence-electron chi connectivity index (χ1n) is 8.88. The van der Waals surface area contributed by atoms with Gasteiger partial charge in [0.2, 0.25) is 5.13 Å². The molecule has 7 heteroatoms. The van der Waals surface area contributed by atoms with Gasteiger partial charge in [-0.25, -0.2) is 0 Å². The van der Waals surface area contributed by atoms with Gasteiger partial charge in [0.1, 0.15) is 10.6 Å². The molecular weight excluding hydrogens is 336 g/mol. The van der Waals surface area contributed by atoms with Crippen LogP contribution in [-0.4, -0.2) is 47.1 Å². The molecule has 0 bridgehead atoms. The van der Waals surface area contributed by atoms with E-state index in [1.165, 1.54) is 0 Å². The van der Waals surface area contributed by atoms with E-state index in [1.807, 2.05) is 19.2 Å². The monoisotopic (exact) mass is 360 g/mol. The van der Waals surface area contributed by atoms with Gasteiger partial charge in [-0.05, 0) is 43.7 Å². The fourth-order valence-corrected chi connectivity index (χ4v) is 4.40. The second kappa shape index (κ2) is 7.35. The van der Waals surface area contributed by atoms with Crippen molar-refractivity contribution in [1.82, 2.24) is 15.2 Å². The third kappa shape index (κ3) is 3.99. The zero-order valence-electron chi connectivity index (χ0n) is 14.6. The summed E-state index contributed by atoms with van der Waals surface area (Å²) in [6.07, 6.45) is 7.01. The summed E-state index contributed by atoms with van der Waals surface area (Å²) in [5.74, 6) is 0.681. The Bertz CT molecular complexity index is 687. The highest BCUT2D eigenvalue weighted by Crippen LogP contribution is 2.40. The second-order valence-corrected chi connectivity index (χ2v) is 8.21. The summed E-state index contributed by atoms with van der Waals surface area (Å²) < 4.78 is 12.0. The quantitative estimate of drug-likeness (QED) is 0.738. The number of ether oxygens (including phenoxy) is 2. The highest BCUT2D eigenvalue weighted by atomic mass is 32.1. The first-order chi connectivity index (χ1) is 12.2. The van der Waals surface area contributed by atoms with E-state index < -0.39 is 0 Å². The highest BCUT2D eigenvalue weighted by Gasteiger charge is 2.48. The number of aromatic nitrogens is 3. The number of nitrogens with zero attached hydrogens (tertiary/aromatic N) is 4. The van der Waals surface area contributed by atoms with Gasteiger partial charge in [-0.2, -0.15) is 0 Å². The minimum atomic E-state index is 0.0197. The molecule has 2 aliphatic rings. The molecule has 0 N–H and O–H groups in total. The second-order valence-electron chi connectivity index (χ2n) is 7.05. The van der Waals surface area contributed by atoms with Crippen LogP contribution in [0.4, 0.5) is 5.13 Å². The molecule has 134 valence electrons. The maximum absolute atomic E-state index is 6.13. The van der Waals surface area contributed by atoms with Gasteiger partial charge in [0.05, 0.1) is 19.7 Å². The van der Waals surface area contributed by atoms with Crippen molar-refractivity contribution in [2.75, 3.05) is 31.2 Å². The van der Waals surface area contributed by atoms with Gasteiger partial charge in [0.15, 0.2) is 0 Å². The van der Waals surface area contributed by atoms with Gasteiger partial charge >= 0.3 is 0 Å². The van der Waals surface area contributed by atoms with Crippen LogP contribution in [0.2, 0.25) is 0 Å². The average Bonchev–Trinajstić information content (AvgIpc) is 3.04. The molecule has 0 amide bonds. The third-order valence-corrected chi connectivity index (χ3v) is 5.90. The molecule has 2 saturated heterocycles. The van der Waals surface area contributed by atoms with Gasteiger partial charge in [-0.1, -0.05) is 17.4 Å². The van der Waals surface area contributed by atoms with Gasteiger partial charge < -0.3 is 14.4 Å². The molecule has 6 nitrogen and oxygen atoms in total. The van der Waals surface area contributed by atoms with Gasteiger partial charge in [-0.3, -0.25) is 4.98 Å². The molecule has 0 unspecified atom stereocenters. The van der Waals surface area contributed by atoms with Crippen molar-refractivity contribution >= 4 is 16.5 Å². The molecule has 0 aromatic carbocycles. The zero-order valence-corrected chi connectivity index (χ0v) is 15.4. The zero-order chi connectivity index (χ0) is 17.1. The Kier molecular flexibility index (Phi) is 4.96. The normalized spacial score (nSPS) is 22.1. The summed E-state index contributed by atoms with van der Waals surface area (Å²) in [6, 6.07) is 4.00. The van der Waals surface area contributed by atoms with Crippen LogP contribution in [0.15, 0.2) is 24.5 Å². The Morgan fingerprint density at radius 2 is 2.32 bits per heavy atom. The van der Waals surface area contributed by atoms with Crippen LogP contribution >= 0.6 is 11.3 Å². The lowest BCUT2D eigenvalue weighted by molar-refractivity contribution is -0.116. The third-order valence-electron chi connectivity index (χ3n) is 5.00. The molecule has 0 saturated carbocycles. The Morgan fingerprint density at radius 3 is 3.08 bits per heavy atom. The lowest BCUT2D eigenvalue weighted by Crippen LogP contribution is -2.65. The van der Waals surface area contributed by atoms with E-state index in [1.54, 1.807) is 17.5 Å². The fourth-order valence-electron chi connectivity index (χ4n) is 3.72. The van der Waals surface area contributed by atoms with Crippen LogP contribution < -0.4 is 4.90 Å². The van der Waals surface area contributed by atoms with Crippen molar-refractivity contribution < 1.29 is 9.47 Å². The molecule has 0 radical (unpaired) electrons. The maximum Gasteiger partial charge on any atom is 0.208 e. The number of pyridine rings is 1.